The fraction of sp³-hybridized carbons (Fsp3) is 0.158. The summed E-state index contributed by atoms with van der Waals surface area (Å²) in [5.74, 6) is 0.0261. The average Bonchev–Trinajstić information content (AvgIpc) is 3.30. The monoisotopic (exact) mass is 314 g/mol. The van der Waals surface area contributed by atoms with Crippen molar-refractivity contribution in [3.05, 3.63) is 52.8 Å². The van der Waals surface area contributed by atoms with Crippen LogP contribution in [-0.2, 0) is 19.4 Å². The molecule has 116 valence electrons. The second-order valence-electron chi connectivity index (χ2n) is 6.57. The summed E-state index contributed by atoms with van der Waals surface area (Å²) in [6, 6.07) is 8.23. The third kappa shape index (κ3) is 1.32. The summed E-state index contributed by atoms with van der Waals surface area (Å²) < 4.78 is 0. The summed E-state index contributed by atoms with van der Waals surface area (Å²) in [5.41, 5.74) is 8.95. The highest BCUT2D eigenvalue weighted by atomic mass is 16.1. The van der Waals surface area contributed by atoms with Gasteiger partial charge in [0.05, 0.1) is 17.3 Å². The van der Waals surface area contributed by atoms with E-state index in [0.717, 1.165) is 51.3 Å². The van der Waals surface area contributed by atoms with Gasteiger partial charge in [0, 0.05) is 34.1 Å². The fourth-order valence-corrected chi connectivity index (χ4v) is 4.44. The summed E-state index contributed by atoms with van der Waals surface area (Å²) >= 11 is 0. The van der Waals surface area contributed by atoms with Crippen LogP contribution in [0.25, 0.3) is 32.9 Å². The summed E-state index contributed by atoms with van der Waals surface area (Å²) in [7, 11) is 0. The number of carbonyl (C=O) groups excluding carboxylic acids is 1. The molecule has 0 radical (unpaired) electrons. The van der Waals surface area contributed by atoms with Crippen LogP contribution in [0.5, 0.6) is 0 Å². The number of para-hydroxylation sites is 1. The molecule has 2 aromatic carbocycles. The summed E-state index contributed by atoms with van der Waals surface area (Å²) in [6.45, 7) is 0.594. The van der Waals surface area contributed by atoms with Gasteiger partial charge in [0.25, 0.3) is 5.91 Å². The van der Waals surface area contributed by atoms with Gasteiger partial charge in [-0.1, -0.05) is 18.2 Å². The van der Waals surface area contributed by atoms with Crippen LogP contribution >= 0.6 is 0 Å². The minimum atomic E-state index is 0.0261. The number of hydrogen-bond acceptors (Lipinski definition) is 2. The Bertz CT molecular complexity index is 1180. The van der Waals surface area contributed by atoms with Crippen LogP contribution in [0.2, 0.25) is 0 Å². The Hall–Kier alpha value is -3.08. The highest BCUT2D eigenvalue weighted by Gasteiger charge is 2.33. The summed E-state index contributed by atoms with van der Waals surface area (Å²) in [6.07, 6.45) is 3.80. The molecule has 0 bridgehead atoms. The molecule has 5 nitrogen and oxygen atoms in total. The molecule has 24 heavy (non-hydrogen) atoms. The van der Waals surface area contributed by atoms with Gasteiger partial charge < -0.3 is 10.3 Å². The van der Waals surface area contributed by atoms with Crippen molar-refractivity contribution in [3.8, 4) is 11.1 Å². The molecule has 0 unspecified atom stereocenters. The number of aromatic nitrogens is 3. The first kappa shape index (κ1) is 12.4. The number of aromatic amines is 2. The standard InChI is InChI=1S/C19H14N4O/c24-19-17-12(7-20-19)15-10(5-6-14-11(15)8-21-23-14)18-16(17)9-3-1-2-4-13(9)22-18/h1-4,8,22H,5-7H2,(H,20,24)(H,21,23). The first-order chi connectivity index (χ1) is 11.8. The Kier molecular flexibility index (Phi) is 2.09. The molecule has 1 aliphatic heterocycles. The molecule has 0 saturated carbocycles. The lowest BCUT2D eigenvalue weighted by Gasteiger charge is -2.20. The maximum atomic E-state index is 12.6. The van der Waals surface area contributed by atoms with Gasteiger partial charge >= 0.3 is 0 Å². The first-order valence-electron chi connectivity index (χ1n) is 8.22. The molecule has 0 spiro atoms. The van der Waals surface area contributed by atoms with Crippen molar-refractivity contribution < 1.29 is 4.79 Å². The van der Waals surface area contributed by atoms with Crippen molar-refractivity contribution in [2.75, 3.05) is 0 Å². The SMILES string of the molecule is O=C1NCc2c3c(c4[nH]c5ccccc5c4c21)CCc1[nH]ncc1-3. The maximum Gasteiger partial charge on any atom is 0.252 e. The van der Waals surface area contributed by atoms with Gasteiger partial charge in [0.2, 0.25) is 0 Å². The molecule has 2 aromatic heterocycles. The predicted molar refractivity (Wildman–Crippen MR) is 92.0 cm³/mol. The molecule has 5 heteroatoms. The number of nitrogens with one attached hydrogen (secondary N) is 3. The second-order valence-corrected chi connectivity index (χ2v) is 6.57. The zero-order chi connectivity index (χ0) is 15.8. The van der Waals surface area contributed by atoms with Crippen molar-refractivity contribution in [3.63, 3.8) is 0 Å². The quantitative estimate of drug-likeness (QED) is 0.467. The Morgan fingerprint density at radius 3 is 2.92 bits per heavy atom. The largest absolute Gasteiger partial charge is 0.354 e. The number of amides is 1. The van der Waals surface area contributed by atoms with Crippen LogP contribution in [-0.4, -0.2) is 21.1 Å². The van der Waals surface area contributed by atoms with Crippen LogP contribution in [0.4, 0.5) is 0 Å². The Morgan fingerprint density at radius 2 is 1.96 bits per heavy atom. The van der Waals surface area contributed by atoms with Gasteiger partial charge in [-0.25, -0.2) is 0 Å². The normalized spacial score (nSPS) is 15.4. The number of carbonyl (C=O) groups is 1. The van der Waals surface area contributed by atoms with E-state index in [0.29, 0.717) is 6.54 Å². The topological polar surface area (TPSA) is 73.6 Å². The van der Waals surface area contributed by atoms with Crippen LogP contribution in [0, 0.1) is 0 Å². The van der Waals surface area contributed by atoms with E-state index in [1.807, 2.05) is 18.3 Å². The van der Waals surface area contributed by atoms with Crippen molar-refractivity contribution in [1.29, 1.82) is 0 Å². The Morgan fingerprint density at radius 1 is 1.04 bits per heavy atom. The number of nitrogens with zero attached hydrogens (tertiary/aromatic N) is 1. The van der Waals surface area contributed by atoms with E-state index >= 15 is 0 Å². The van der Waals surface area contributed by atoms with Crippen LogP contribution in [0.1, 0.15) is 27.2 Å². The molecular weight excluding hydrogens is 300 g/mol. The molecule has 0 saturated heterocycles. The molecule has 0 fully saturated rings. The van der Waals surface area contributed by atoms with Gasteiger partial charge in [-0.15, -0.1) is 0 Å². The molecule has 1 aliphatic carbocycles. The van der Waals surface area contributed by atoms with E-state index in [4.69, 9.17) is 0 Å². The molecule has 3 heterocycles. The zero-order valence-corrected chi connectivity index (χ0v) is 12.9. The van der Waals surface area contributed by atoms with Crippen molar-refractivity contribution in [1.82, 2.24) is 20.5 Å². The predicted octanol–water partition coefficient (Wildman–Crippen LogP) is 3.05. The summed E-state index contributed by atoms with van der Waals surface area (Å²) in [4.78, 5) is 16.2. The van der Waals surface area contributed by atoms with Crippen molar-refractivity contribution in [2.45, 2.75) is 19.4 Å². The number of hydrogen-bond donors (Lipinski definition) is 3. The van der Waals surface area contributed by atoms with E-state index in [-0.39, 0.29) is 5.91 Å². The molecule has 1 amide bonds. The minimum absolute atomic E-state index is 0.0261. The molecular formula is C19H14N4O. The van der Waals surface area contributed by atoms with Crippen molar-refractivity contribution >= 4 is 27.7 Å². The maximum absolute atomic E-state index is 12.6. The van der Waals surface area contributed by atoms with Crippen molar-refractivity contribution in [2.24, 2.45) is 0 Å². The lowest BCUT2D eigenvalue weighted by atomic mass is 9.83. The Balaban J connectivity index is 1.89. The van der Waals surface area contributed by atoms with E-state index in [9.17, 15) is 4.79 Å². The Labute approximate surface area is 137 Å². The number of aryl methyl sites for hydroxylation is 2. The van der Waals surface area contributed by atoms with Crippen LogP contribution in [0.3, 0.4) is 0 Å². The van der Waals surface area contributed by atoms with Crippen LogP contribution < -0.4 is 5.32 Å². The highest BCUT2D eigenvalue weighted by molar-refractivity contribution is 6.22. The van der Waals surface area contributed by atoms with Crippen LogP contribution in [0.15, 0.2) is 30.5 Å². The molecule has 0 atom stereocenters. The van der Waals surface area contributed by atoms with E-state index in [1.54, 1.807) is 0 Å². The zero-order valence-electron chi connectivity index (χ0n) is 12.9. The minimum Gasteiger partial charge on any atom is -0.354 e. The second kappa shape index (κ2) is 4.06. The summed E-state index contributed by atoms with van der Waals surface area (Å²) in [5, 5.41) is 12.6. The number of benzene rings is 2. The lowest BCUT2D eigenvalue weighted by Crippen LogP contribution is -2.12. The molecule has 3 N–H and O–H groups in total. The third-order valence-electron chi connectivity index (χ3n) is 5.43. The first-order valence-corrected chi connectivity index (χ1v) is 8.22. The molecule has 6 rings (SSSR count). The van der Waals surface area contributed by atoms with Gasteiger partial charge in [0.15, 0.2) is 0 Å². The number of H-pyrrole nitrogens is 2. The molecule has 2 aliphatic rings. The third-order valence-corrected chi connectivity index (χ3v) is 5.43. The van der Waals surface area contributed by atoms with E-state index in [2.05, 4.69) is 32.6 Å². The molecule has 4 aromatic rings. The number of fused-ring (bicyclic) bond motifs is 10. The van der Waals surface area contributed by atoms with Gasteiger partial charge in [-0.3, -0.25) is 9.89 Å². The van der Waals surface area contributed by atoms with Gasteiger partial charge in [-0.05, 0) is 35.6 Å². The average molecular weight is 314 g/mol. The smallest absolute Gasteiger partial charge is 0.252 e. The van der Waals surface area contributed by atoms with E-state index in [1.165, 1.54) is 16.8 Å². The highest BCUT2D eigenvalue weighted by Crippen LogP contribution is 2.45. The fourth-order valence-electron chi connectivity index (χ4n) is 4.44. The lowest BCUT2D eigenvalue weighted by molar-refractivity contribution is 0.0967. The van der Waals surface area contributed by atoms with E-state index < -0.39 is 0 Å². The van der Waals surface area contributed by atoms with Gasteiger partial charge in [-0.2, -0.15) is 5.10 Å². The van der Waals surface area contributed by atoms with Gasteiger partial charge in [0.1, 0.15) is 0 Å². The number of rotatable bonds is 0.